The Hall–Kier alpha value is -1.65. The first-order chi connectivity index (χ1) is 9.04. The van der Waals surface area contributed by atoms with Gasteiger partial charge in [0.05, 0.1) is 20.9 Å². The molecule has 2 N–H and O–H groups in total. The van der Waals surface area contributed by atoms with E-state index < -0.39 is 0 Å². The fourth-order valence-electron chi connectivity index (χ4n) is 1.90. The summed E-state index contributed by atoms with van der Waals surface area (Å²) in [5, 5.41) is 1.33. The van der Waals surface area contributed by atoms with E-state index in [-0.39, 0.29) is 5.82 Å². The Labute approximate surface area is 118 Å². The maximum absolute atomic E-state index is 13.2. The van der Waals surface area contributed by atoms with E-state index in [1.807, 2.05) is 13.0 Å². The summed E-state index contributed by atoms with van der Waals surface area (Å²) in [4.78, 5) is 4.49. The van der Waals surface area contributed by atoms with Crippen LogP contribution in [0.4, 0.5) is 10.1 Å². The number of aryl methyl sites for hydroxylation is 1. The van der Waals surface area contributed by atoms with Crippen LogP contribution in [0.15, 0.2) is 30.3 Å². The lowest BCUT2D eigenvalue weighted by molar-refractivity contribution is 0.630. The number of benzene rings is 2. The fraction of sp³-hybridized carbons (Fsp3) is 0.0714. The minimum absolute atomic E-state index is 0.255. The number of rotatable bonds is 1. The van der Waals surface area contributed by atoms with Crippen molar-refractivity contribution in [1.29, 1.82) is 0 Å². The van der Waals surface area contributed by atoms with Gasteiger partial charge in [0.2, 0.25) is 0 Å². The first-order valence-corrected chi connectivity index (χ1v) is 6.86. The molecule has 5 heteroatoms. The third-order valence-electron chi connectivity index (χ3n) is 2.93. The van der Waals surface area contributed by atoms with Gasteiger partial charge >= 0.3 is 0 Å². The van der Waals surface area contributed by atoms with E-state index in [1.165, 1.54) is 23.5 Å². The van der Waals surface area contributed by atoms with Gasteiger partial charge in [-0.05, 0) is 42.8 Å². The zero-order valence-electron chi connectivity index (χ0n) is 10.1. The Morgan fingerprint density at radius 2 is 2.05 bits per heavy atom. The molecule has 3 rings (SSSR count). The molecule has 3 aromatic rings. The first kappa shape index (κ1) is 12.4. The Balaban J connectivity index is 2.19. The molecule has 19 heavy (non-hydrogen) atoms. The molecule has 1 aromatic heterocycles. The van der Waals surface area contributed by atoms with E-state index in [0.29, 0.717) is 10.7 Å². The summed E-state index contributed by atoms with van der Waals surface area (Å²) in [5.74, 6) is -0.255. The summed E-state index contributed by atoms with van der Waals surface area (Å²) in [5.41, 5.74) is 9.00. The smallest absolute Gasteiger partial charge is 0.124 e. The number of anilines is 1. The molecule has 2 nitrogen and oxygen atoms in total. The van der Waals surface area contributed by atoms with Gasteiger partial charge < -0.3 is 5.73 Å². The maximum atomic E-state index is 13.2. The minimum atomic E-state index is -0.255. The van der Waals surface area contributed by atoms with Gasteiger partial charge in [-0.25, -0.2) is 9.37 Å². The van der Waals surface area contributed by atoms with Crippen LogP contribution in [-0.2, 0) is 0 Å². The van der Waals surface area contributed by atoms with Crippen molar-refractivity contribution < 1.29 is 4.39 Å². The molecule has 0 saturated heterocycles. The molecule has 0 saturated carbocycles. The average molecular weight is 293 g/mol. The summed E-state index contributed by atoms with van der Waals surface area (Å²) in [6.45, 7) is 1.90. The number of halogens is 2. The van der Waals surface area contributed by atoms with Gasteiger partial charge in [0.15, 0.2) is 0 Å². The second-order valence-corrected chi connectivity index (χ2v) is 5.76. The van der Waals surface area contributed by atoms with Crippen LogP contribution in [0.3, 0.4) is 0 Å². The highest BCUT2D eigenvalue weighted by molar-refractivity contribution is 7.21. The molecule has 0 radical (unpaired) electrons. The third kappa shape index (κ3) is 2.17. The molecule has 0 spiro atoms. The normalized spacial score (nSPS) is 11.1. The molecule has 0 aliphatic heterocycles. The summed E-state index contributed by atoms with van der Waals surface area (Å²) >= 11 is 7.52. The Morgan fingerprint density at radius 1 is 1.26 bits per heavy atom. The molecule has 2 aromatic carbocycles. The van der Waals surface area contributed by atoms with Crippen LogP contribution in [0.2, 0.25) is 5.02 Å². The monoisotopic (exact) mass is 292 g/mol. The lowest BCUT2D eigenvalue weighted by atomic mass is 10.1. The number of nitrogens with two attached hydrogens (primary N) is 1. The maximum Gasteiger partial charge on any atom is 0.124 e. The molecule has 0 atom stereocenters. The molecular weight excluding hydrogens is 283 g/mol. The van der Waals surface area contributed by atoms with Crippen molar-refractivity contribution in [2.24, 2.45) is 0 Å². The molecule has 0 fully saturated rings. The van der Waals surface area contributed by atoms with E-state index in [9.17, 15) is 4.39 Å². The predicted molar refractivity (Wildman–Crippen MR) is 79.2 cm³/mol. The van der Waals surface area contributed by atoms with E-state index in [0.717, 1.165) is 26.4 Å². The van der Waals surface area contributed by atoms with Crippen molar-refractivity contribution in [1.82, 2.24) is 4.98 Å². The highest BCUT2D eigenvalue weighted by Crippen LogP contribution is 2.34. The predicted octanol–water partition coefficient (Wildman–Crippen LogP) is 4.65. The standard InChI is InChI=1S/C14H10ClFN2S/c1-7-4-8(5-10(15)13(7)17)14-18-11-3-2-9(16)6-12(11)19-14/h2-6H,17H2,1H3. The van der Waals surface area contributed by atoms with Crippen molar-refractivity contribution >= 4 is 38.8 Å². The SMILES string of the molecule is Cc1cc(-c2nc3ccc(F)cc3s2)cc(Cl)c1N. The van der Waals surface area contributed by atoms with Crippen LogP contribution < -0.4 is 5.73 Å². The highest BCUT2D eigenvalue weighted by atomic mass is 35.5. The molecule has 1 heterocycles. The molecule has 0 aliphatic carbocycles. The number of nitrogens with zero attached hydrogens (tertiary/aromatic N) is 1. The Morgan fingerprint density at radius 3 is 2.79 bits per heavy atom. The van der Waals surface area contributed by atoms with Crippen LogP contribution in [0.25, 0.3) is 20.8 Å². The van der Waals surface area contributed by atoms with Crippen LogP contribution in [0.5, 0.6) is 0 Å². The molecule has 0 bridgehead atoms. The van der Waals surface area contributed by atoms with Crippen LogP contribution in [0.1, 0.15) is 5.56 Å². The fourth-order valence-corrected chi connectivity index (χ4v) is 3.15. The lowest BCUT2D eigenvalue weighted by Crippen LogP contribution is -1.91. The van der Waals surface area contributed by atoms with Gasteiger partial charge in [-0.2, -0.15) is 0 Å². The number of fused-ring (bicyclic) bond motifs is 1. The van der Waals surface area contributed by atoms with E-state index in [4.69, 9.17) is 17.3 Å². The zero-order valence-corrected chi connectivity index (χ0v) is 11.6. The van der Waals surface area contributed by atoms with Crippen molar-refractivity contribution in [2.75, 3.05) is 5.73 Å². The molecular formula is C14H10ClFN2S. The number of thiazole rings is 1. The Bertz CT molecular complexity index is 759. The van der Waals surface area contributed by atoms with E-state index in [1.54, 1.807) is 12.1 Å². The number of aromatic nitrogens is 1. The second kappa shape index (κ2) is 4.47. The van der Waals surface area contributed by atoms with Gasteiger partial charge in [0.1, 0.15) is 10.8 Å². The van der Waals surface area contributed by atoms with Gasteiger partial charge in [0, 0.05) is 5.56 Å². The third-order valence-corrected chi connectivity index (χ3v) is 4.31. The first-order valence-electron chi connectivity index (χ1n) is 5.66. The summed E-state index contributed by atoms with van der Waals surface area (Å²) in [6, 6.07) is 8.30. The van der Waals surface area contributed by atoms with Crippen LogP contribution in [-0.4, -0.2) is 4.98 Å². The van der Waals surface area contributed by atoms with Crippen molar-refractivity contribution in [3.05, 3.63) is 46.7 Å². The van der Waals surface area contributed by atoms with Gasteiger partial charge in [-0.3, -0.25) is 0 Å². The molecule has 96 valence electrons. The van der Waals surface area contributed by atoms with Crippen molar-refractivity contribution in [2.45, 2.75) is 6.92 Å². The Kier molecular flexibility index (Phi) is 2.92. The summed E-state index contributed by atoms with van der Waals surface area (Å²) in [7, 11) is 0. The number of hydrogen-bond donors (Lipinski definition) is 1. The van der Waals surface area contributed by atoms with Crippen molar-refractivity contribution in [3.8, 4) is 10.6 Å². The zero-order chi connectivity index (χ0) is 13.6. The average Bonchev–Trinajstić information content (AvgIpc) is 2.78. The van der Waals surface area contributed by atoms with Crippen LogP contribution in [0, 0.1) is 12.7 Å². The van der Waals surface area contributed by atoms with Gasteiger partial charge in [-0.15, -0.1) is 11.3 Å². The summed E-state index contributed by atoms with van der Waals surface area (Å²) in [6.07, 6.45) is 0. The van der Waals surface area contributed by atoms with Crippen molar-refractivity contribution in [3.63, 3.8) is 0 Å². The van der Waals surface area contributed by atoms with E-state index >= 15 is 0 Å². The second-order valence-electron chi connectivity index (χ2n) is 4.32. The highest BCUT2D eigenvalue weighted by Gasteiger charge is 2.10. The largest absolute Gasteiger partial charge is 0.397 e. The van der Waals surface area contributed by atoms with E-state index in [2.05, 4.69) is 4.98 Å². The number of nitrogen functional groups attached to an aromatic ring is 1. The lowest BCUT2D eigenvalue weighted by Gasteiger charge is -2.05. The van der Waals surface area contributed by atoms with Gasteiger partial charge in [-0.1, -0.05) is 11.6 Å². The molecule has 0 aliphatic rings. The topological polar surface area (TPSA) is 38.9 Å². The molecule has 0 amide bonds. The van der Waals surface area contributed by atoms with Gasteiger partial charge in [0.25, 0.3) is 0 Å². The molecule has 0 unspecified atom stereocenters. The van der Waals surface area contributed by atoms with Crippen LogP contribution >= 0.6 is 22.9 Å². The minimum Gasteiger partial charge on any atom is -0.397 e. The number of hydrogen-bond acceptors (Lipinski definition) is 3. The quantitative estimate of drug-likeness (QED) is 0.663. The summed E-state index contributed by atoms with van der Waals surface area (Å²) < 4.78 is 14.0.